The highest BCUT2D eigenvalue weighted by atomic mass is 32.1. The summed E-state index contributed by atoms with van der Waals surface area (Å²) in [5.41, 5.74) is 6.29. The molecular formula is C23H28N4OS. The molecule has 3 aromatic rings. The molecule has 1 atom stereocenters. The number of fused-ring (bicyclic) bond motifs is 3. The molecule has 1 aliphatic rings. The highest BCUT2D eigenvalue weighted by molar-refractivity contribution is 7.19. The third-order valence-electron chi connectivity index (χ3n) is 6.48. The van der Waals surface area contributed by atoms with E-state index in [-0.39, 0.29) is 5.75 Å². The number of thiophene rings is 1. The first-order valence-electron chi connectivity index (χ1n) is 10.2. The van der Waals surface area contributed by atoms with Crippen LogP contribution in [0.1, 0.15) is 56.5 Å². The van der Waals surface area contributed by atoms with E-state index in [1.54, 1.807) is 29.8 Å². The summed E-state index contributed by atoms with van der Waals surface area (Å²) in [6.45, 7) is 8.93. The third kappa shape index (κ3) is 3.73. The second-order valence-electron chi connectivity index (χ2n) is 8.51. The standard InChI is InChI=1S/C23H28N4OS/c1-5-23(3,4)15-10-11-19-17(12-15)20-21(24-13-25-22(20)29-19)27-26-14(2)16-8-6-7-9-18(16)28/h6-9,13,15,28H,5,10-12H2,1-4H3,(H,24,25,27)/b26-14+. The van der Waals surface area contributed by atoms with Gasteiger partial charge in [-0.25, -0.2) is 9.97 Å². The summed E-state index contributed by atoms with van der Waals surface area (Å²) in [5.74, 6) is 1.63. The predicted molar refractivity (Wildman–Crippen MR) is 121 cm³/mol. The fourth-order valence-corrected chi connectivity index (χ4v) is 5.31. The Kier molecular flexibility index (Phi) is 5.30. The first-order valence-corrected chi connectivity index (χ1v) is 11.1. The van der Waals surface area contributed by atoms with Crippen molar-refractivity contribution < 1.29 is 5.11 Å². The maximum Gasteiger partial charge on any atom is 0.158 e. The molecule has 2 heterocycles. The molecule has 0 saturated heterocycles. The summed E-state index contributed by atoms with van der Waals surface area (Å²) in [4.78, 5) is 11.5. The number of aromatic nitrogens is 2. The molecule has 0 aliphatic heterocycles. The summed E-state index contributed by atoms with van der Waals surface area (Å²) >= 11 is 1.79. The summed E-state index contributed by atoms with van der Waals surface area (Å²) in [5, 5.41) is 15.7. The smallest absolute Gasteiger partial charge is 0.158 e. The summed E-state index contributed by atoms with van der Waals surface area (Å²) in [6.07, 6.45) is 6.21. The first-order chi connectivity index (χ1) is 13.9. The molecular weight excluding hydrogens is 380 g/mol. The average molecular weight is 409 g/mol. The molecule has 5 nitrogen and oxygen atoms in total. The van der Waals surface area contributed by atoms with Crippen LogP contribution in [0.15, 0.2) is 35.7 Å². The lowest BCUT2D eigenvalue weighted by Crippen LogP contribution is -2.28. The number of benzene rings is 1. The fourth-order valence-electron chi connectivity index (χ4n) is 4.13. The maximum atomic E-state index is 10.1. The number of hydrogen-bond donors (Lipinski definition) is 2. The normalized spacial score (nSPS) is 17.4. The van der Waals surface area contributed by atoms with Gasteiger partial charge in [-0.15, -0.1) is 11.3 Å². The fraction of sp³-hybridized carbons (Fsp3) is 0.435. The van der Waals surface area contributed by atoms with Crippen LogP contribution in [0, 0.1) is 11.3 Å². The van der Waals surface area contributed by atoms with Crippen LogP contribution in [0.5, 0.6) is 5.75 Å². The summed E-state index contributed by atoms with van der Waals surface area (Å²) in [6, 6.07) is 7.22. The van der Waals surface area contributed by atoms with Gasteiger partial charge in [0.05, 0.1) is 11.1 Å². The number of para-hydroxylation sites is 1. The third-order valence-corrected chi connectivity index (χ3v) is 7.68. The molecule has 0 saturated carbocycles. The van der Waals surface area contributed by atoms with E-state index in [4.69, 9.17) is 0 Å². The number of aryl methyl sites for hydroxylation is 1. The highest BCUT2D eigenvalue weighted by Crippen LogP contribution is 2.45. The van der Waals surface area contributed by atoms with Crippen LogP contribution in [-0.2, 0) is 12.8 Å². The Morgan fingerprint density at radius 3 is 2.86 bits per heavy atom. The number of aromatic hydroxyl groups is 1. The Morgan fingerprint density at radius 2 is 2.10 bits per heavy atom. The van der Waals surface area contributed by atoms with Crippen LogP contribution in [0.4, 0.5) is 5.82 Å². The second-order valence-corrected chi connectivity index (χ2v) is 9.60. The summed E-state index contributed by atoms with van der Waals surface area (Å²) < 4.78 is 0. The van der Waals surface area contributed by atoms with Gasteiger partial charge >= 0.3 is 0 Å². The van der Waals surface area contributed by atoms with Crippen LogP contribution >= 0.6 is 11.3 Å². The number of phenols is 1. The Morgan fingerprint density at radius 1 is 1.31 bits per heavy atom. The molecule has 0 bridgehead atoms. The molecule has 0 amide bonds. The Balaban J connectivity index is 1.69. The van der Waals surface area contributed by atoms with Crippen LogP contribution in [0.3, 0.4) is 0 Å². The van der Waals surface area contributed by atoms with E-state index < -0.39 is 0 Å². The van der Waals surface area contributed by atoms with E-state index in [1.807, 2.05) is 19.1 Å². The number of nitrogens with one attached hydrogen (secondary N) is 1. The molecule has 1 aromatic carbocycles. The van der Waals surface area contributed by atoms with Gasteiger partial charge in [0.2, 0.25) is 0 Å². The van der Waals surface area contributed by atoms with E-state index >= 15 is 0 Å². The molecule has 0 spiro atoms. The van der Waals surface area contributed by atoms with Gasteiger partial charge in [-0.05, 0) is 55.2 Å². The number of nitrogens with zero attached hydrogens (tertiary/aromatic N) is 3. The van der Waals surface area contributed by atoms with Crippen LogP contribution in [0.25, 0.3) is 10.2 Å². The molecule has 2 aromatic heterocycles. The Hall–Kier alpha value is -2.47. The van der Waals surface area contributed by atoms with Gasteiger partial charge in [0.25, 0.3) is 0 Å². The van der Waals surface area contributed by atoms with Crippen molar-refractivity contribution >= 4 is 33.1 Å². The molecule has 0 radical (unpaired) electrons. The van der Waals surface area contributed by atoms with Gasteiger partial charge in [-0.2, -0.15) is 5.10 Å². The minimum atomic E-state index is 0.223. The highest BCUT2D eigenvalue weighted by Gasteiger charge is 2.33. The largest absolute Gasteiger partial charge is 0.507 e. The van der Waals surface area contributed by atoms with Crippen LogP contribution in [0.2, 0.25) is 0 Å². The molecule has 0 fully saturated rings. The van der Waals surface area contributed by atoms with E-state index in [1.165, 1.54) is 23.3 Å². The molecule has 2 N–H and O–H groups in total. The maximum absolute atomic E-state index is 10.1. The van der Waals surface area contributed by atoms with Gasteiger partial charge in [-0.3, -0.25) is 5.43 Å². The molecule has 152 valence electrons. The van der Waals surface area contributed by atoms with Crippen molar-refractivity contribution in [2.75, 3.05) is 5.43 Å². The summed E-state index contributed by atoms with van der Waals surface area (Å²) in [7, 11) is 0. The minimum Gasteiger partial charge on any atom is -0.507 e. The monoisotopic (exact) mass is 408 g/mol. The lowest BCUT2D eigenvalue weighted by atomic mass is 9.69. The van der Waals surface area contributed by atoms with Crippen LogP contribution in [-0.4, -0.2) is 20.8 Å². The van der Waals surface area contributed by atoms with E-state index in [0.717, 1.165) is 28.9 Å². The van der Waals surface area contributed by atoms with Gasteiger partial charge in [0.15, 0.2) is 5.82 Å². The van der Waals surface area contributed by atoms with Crippen molar-refractivity contribution in [1.82, 2.24) is 9.97 Å². The zero-order valence-electron chi connectivity index (χ0n) is 17.5. The average Bonchev–Trinajstić information content (AvgIpc) is 3.10. The minimum absolute atomic E-state index is 0.223. The number of phenolic OH excluding ortho intramolecular Hbond substituents is 1. The van der Waals surface area contributed by atoms with E-state index in [9.17, 15) is 5.11 Å². The van der Waals surface area contributed by atoms with Crippen molar-refractivity contribution in [3.8, 4) is 5.75 Å². The van der Waals surface area contributed by atoms with Gasteiger partial charge < -0.3 is 5.11 Å². The lowest BCUT2D eigenvalue weighted by Gasteiger charge is -2.36. The van der Waals surface area contributed by atoms with Gasteiger partial charge in [0, 0.05) is 10.4 Å². The van der Waals surface area contributed by atoms with E-state index in [2.05, 4.69) is 41.3 Å². The van der Waals surface area contributed by atoms with Gasteiger partial charge in [0.1, 0.15) is 16.9 Å². The van der Waals surface area contributed by atoms with Crippen molar-refractivity contribution in [1.29, 1.82) is 0 Å². The predicted octanol–water partition coefficient (Wildman–Crippen LogP) is 5.77. The zero-order valence-corrected chi connectivity index (χ0v) is 18.3. The molecule has 4 rings (SSSR count). The van der Waals surface area contributed by atoms with Crippen molar-refractivity contribution in [2.24, 2.45) is 16.4 Å². The molecule has 1 aliphatic carbocycles. The zero-order chi connectivity index (χ0) is 20.6. The lowest BCUT2D eigenvalue weighted by molar-refractivity contribution is 0.184. The van der Waals surface area contributed by atoms with Gasteiger partial charge in [-0.1, -0.05) is 39.3 Å². The van der Waals surface area contributed by atoms with Crippen LogP contribution < -0.4 is 5.43 Å². The molecule has 29 heavy (non-hydrogen) atoms. The Bertz CT molecular complexity index is 1070. The second kappa shape index (κ2) is 7.75. The quantitative estimate of drug-likeness (QED) is 0.415. The molecule has 6 heteroatoms. The topological polar surface area (TPSA) is 70.4 Å². The first kappa shape index (κ1) is 19.8. The molecule has 1 unspecified atom stereocenters. The Labute approximate surface area is 175 Å². The van der Waals surface area contributed by atoms with Crippen molar-refractivity contribution in [2.45, 2.75) is 53.4 Å². The number of hydrazone groups is 1. The number of hydrogen-bond acceptors (Lipinski definition) is 6. The number of anilines is 1. The number of rotatable bonds is 5. The van der Waals surface area contributed by atoms with Crippen molar-refractivity contribution in [3.63, 3.8) is 0 Å². The van der Waals surface area contributed by atoms with E-state index in [0.29, 0.717) is 22.6 Å². The SMILES string of the molecule is CCC(C)(C)C1CCc2sc3ncnc(N/N=C(\C)c4ccccc4O)c3c2C1. The van der Waals surface area contributed by atoms with Crippen molar-refractivity contribution in [3.05, 3.63) is 46.6 Å².